The van der Waals surface area contributed by atoms with Gasteiger partial charge in [-0.25, -0.2) is 9.18 Å². The highest BCUT2D eigenvalue weighted by atomic mass is 32.1. The quantitative estimate of drug-likeness (QED) is 0.688. The van der Waals surface area contributed by atoms with Crippen molar-refractivity contribution >= 4 is 28.7 Å². The van der Waals surface area contributed by atoms with Gasteiger partial charge in [0.25, 0.3) is 0 Å². The fourth-order valence-corrected chi connectivity index (χ4v) is 3.23. The summed E-state index contributed by atoms with van der Waals surface area (Å²) in [5, 5.41) is 6.22. The number of carbonyl (C=O) groups excluding carboxylic acids is 1. The molecule has 0 spiro atoms. The number of nitrogens with one attached hydrogen (secondary N) is 1. The second-order valence-electron chi connectivity index (χ2n) is 5.02. The summed E-state index contributed by atoms with van der Waals surface area (Å²) in [5.74, 6) is -0.151. The molecule has 1 aliphatic heterocycles. The number of hydrogen-bond donors (Lipinski definition) is 1. The first-order valence-corrected chi connectivity index (χ1v) is 7.90. The van der Waals surface area contributed by atoms with Crippen LogP contribution in [-0.4, -0.2) is 25.4 Å². The van der Waals surface area contributed by atoms with E-state index >= 15 is 0 Å². The van der Waals surface area contributed by atoms with Gasteiger partial charge in [-0.05, 0) is 36.1 Å². The van der Waals surface area contributed by atoms with E-state index in [9.17, 15) is 9.18 Å². The average Bonchev–Trinajstić information content (AvgIpc) is 2.93. The first-order chi connectivity index (χ1) is 11.1. The molecule has 1 N–H and O–H groups in total. The second kappa shape index (κ2) is 6.37. The number of aryl methyl sites for hydroxylation is 1. The van der Waals surface area contributed by atoms with Crippen molar-refractivity contribution in [3.8, 4) is 5.75 Å². The zero-order valence-corrected chi connectivity index (χ0v) is 13.5. The maximum absolute atomic E-state index is 13.5. The van der Waals surface area contributed by atoms with E-state index in [2.05, 4.69) is 10.5 Å². The van der Waals surface area contributed by atoms with Crippen molar-refractivity contribution < 1.29 is 18.7 Å². The summed E-state index contributed by atoms with van der Waals surface area (Å²) < 4.78 is 23.7. The Morgan fingerprint density at radius 1 is 1.48 bits per heavy atom. The number of methoxy groups -OCH3 is 1. The lowest BCUT2D eigenvalue weighted by Gasteiger charge is -2.19. The van der Waals surface area contributed by atoms with Gasteiger partial charge in [-0.15, -0.1) is 11.3 Å². The third kappa shape index (κ3) is 3.05. The van der Waals surface area contributed by atoms with E-state index < -0.39 is 5.97 Å². The van der Waals surface area contributed by atoms with Gasteiger partial charge < -0.3 is 9.47 Å². The molecule has 0 fully saturated rings. The molecule has 0 amide bonds. The van der Waals surface area contributed by atoms with Crippen molar-refractivity contribution in [3.05, 3.63) is 45.4 Å². The number of halogens is 1. The minimum absolute atomic E-state index is 0.344. The molecule has 0 bridgehead atoms. The van der Waals surface area contributed by atoms with Crippen LogP contribution in [0.2, 0.25) is 0 Å². The highest BCUT2D eigenvalue weighted by molar-refractivity contribution is 7.12. The molecule has 23 heavy (non-hydrogen) atoms. The van der Waals surface area contributed by atoms with Gasteiger partial charge in [-0.1, -0.05) is 0 Å². The minimum Gasteiger partial charge on any atom is -0.492 e. The van der Waals surface area contributed by atoms with Crippen molar-refractivity contribution in [3.63, 3.8) is 0 Å². The van der Waals surface area contributed by atoms with Gasteiger partial charge in [-0.2, -0.15) is 5.10 Å². The van der Waals surface area contributed by atoms with Crippen LogP contribution in [0.1, 0.15) is 27.2 Å². The topological polar surface area (TPSA) is 59.9 Å². The van der Waals surface area contributed by atoms with Gasteiger partial charge in [0.2, 0.25) is 0 Å². The summed E-state index contributed by atoms with van der Waals surface area (Å²) in [6, 6.07) is 4.35. The molecule has 0 atom stereocenters. The van der Waals surface area contributed by atoms with Crippen molar-refractivity contribution in [2.75, 3.05) is 19.1 Å². The first kappa shape index (κ1) is 15.5. The van der Waals surface area contributed by atoms with E-state index in [1.54, 1.807) is 6.07 Å². The summed E-state index contributed by atoms with van der Waals surface area (Å²) >= 11 is 1.29. The third-order valence-electron chi connectivity index (χ3n) is 3.50. The Morgan fingerprint density at radius 3 is 3.09 bits per heavy atom. The molecule has 2 aromatic rings. The molecule has 7 heteroatoms. The Labute approximate surface area is 136 Å². The summed E-state index contributed by atoms with van der Waals surface area (Å²) in [7, 11) is 1.34. The molecule has 1 aromatic heterocycles. The first-order valence-electron chi connectivity index (χ1n) is 7.02. The van der Waals surface area contributed by atoms with Crippen molar-refractivity contribution in [2.45, 2.75) is 13.3 Å². The largest absolute Gasteiger partial charge is 0.492 e. The number of benzene rings is 1. The van der Waals surface area contributed by atoms with Crippen molar-refractivity contribution in [1.29, 1.82) is 0 Å². The number of esters is 1. The highest BCUT2D eigenvalue weighted by Crippen LogP contribution is 2.30. The predicted octanol–water partition coefficient (Wildman–Crippen LogP) is 3.58. The van der Waals surface area contributed by atoms with E-state index in [-0.39, 0.29) is 5.82 Å². The van der Waals surface area contributed by atoms with Gasteiger partial charge in [0.05, 0.1) is 25.1 Å². The molecular formula is C16H15FN2O3S. The monoisotopic (exact) mass is 334 g/mol. The number of hydrazone groups is 1. The van der Waals surface area contributed by atoms with Gasteiger partial charge in [0, 0.05) is 12.0 Å². The van der Waals surface area contributed by atoms with Crippen LogP contribution in [0, 0.1) is 12.7 Å². The number of ether oxygens (including phenoxy) is 2. The Kier molecular flexibility index (Phi) is 4.29. The maximum Gasteiger partial charge on any atom is 0.350 e. The second-order valence-corrected chi connectivity index (χ2v) is 5.90. The molecular weight excluding hydrogens is 319 g/mol. The zero-order valence-electron chi connectivity index (χ0n) is 12.7. The number of anilines is 1. The fourth-order valence-electron chi connectivity index (χ4n) is 2.31. The fraction of sp³-hybridized carbons (Fsp3) is 0.250. The van der Waals surface area contributed by atoms with Crippen LogP contribution in [-0.2, 0) is 4.74 Å². The molecule has 5 nitrogen and oxygen atoms in total. The van der Waals surface area contributed by atoms with Crippen LogP contribution >= 0.6 is 11.3 Å². The van der Waals surface area contributed by atoms with Crippen LogP contribution in [0.4, 0.5) is 10.1 Å². The van der Waals surface area contributed by atoms with Gasteiger partial charge in [0.15, 0.2) is 0 Å². The molecule has 0 unspecified atom stereocenters. The number of rotatable bonds is 3. The van der Waals surface area contributed by atoms with E-state index in [0.717, 1.165) is 5.56 Å². The standard InChI is InChI=1S/C16H15FN2O3S/c1-9-8-23-15(16(20)21-2)14(9)19-18-12-5-6-22-13-4-3-10(17)7-11(12)13/h3-4,7-8,19H,5-6H2,1-2H3. The van der Waals surface area contributed by atoms with Crippen LogP contribution in [0.15, 0.2) is 28.7 Å². The number of nitrogens with zero attached hydrogens (tertiary/aromatic N) is 1. The van der Waals surface area contributed by atoms with Crippen LogP contribution < -0.4 is 10.2 Å². The average molecular weight is 334 g/mol. The molecule has 0 radical (unpaired) electrons. The van der Waals surface area contributed by atoms with E-state index in [4.69, 9.17) is 9.47 Å². The summed E-state index contributed by atoms with van der Waals surface area (Å²) in [6.45, 7) is 2.36. The lowest BCUT2D eigenvalue weighted by atomic mass is 10.0. The summed E-state index contributed by atoms with van der Waals surface area (Å²) in [5.41, 5.74) is 5.74. The van der Waals surface area contributed by atoms with E-state index in [1.807, 2.05) is 12.3 Å². The lowest BCUT2D eigenvalue weighted by molar-refractivity contribution is 0.0607. The van der Waals surface area contributed by atoms with Crippen LogP contribution in [0.25, 0.3) is 0 Å². The number of hydrogen-bond acceptors (Lipinski definition) is 6. The smallest absolute Gasteiger partial charge is 0.350 e. The number of carbonyl (C=O) groups is 1. The number of fused-ring (bicyclic) bond motifs is 1. The molecule has 3 rings (SSSR count). The molecule has 120 valence electrons. The number of thiophene rings is 1. The van der Waals surface area contributed by atoms with Gasteiger partial charge in [0.1, 0.15) is 16.4 Å². The predicted molar refractivity (Wildman–Crippen MR) is 87.1 cm³/mol. The minimum atomic E-state index is -0.413. The Balaban J connectivity index is 1.92. The Hall–Kier alpha value is -2.41. The lowest BCUT2D eigenvalue weighted by Crippen LogP contribution is -2.18. The highest BCUT2D eigenvalue weighted by Gasteiger charge is 2.20. The van der Waals surface area contributed by atoms with Crippen LogP contribution in [0.3, 0.4) is 0 Å². The van der Waals surface area contributed by atoms with Gasteiger partial charge in [-0.3, -0.25) is 5.43 Å². The molecule has 1 aromatic carbocycles. The van der Waals surface area contributed by atoms with Crippen molar-refractivity contribution in [2.24, 2.45) is 5.10 Å². The van der Waals surface area contributed by atoms with Crippen LogP contribution in [0.5, 0.6) is 5.75 Å². The molecule has 2 heterocycles. The Bertz CT molecular complexity index is 786. The third-order valence-corrected chi connectivity index (χ3v) is 4.58. The molecule has 0 aliphatic carbocycles. The van der Waals surface area contributed by atoms with E-state index in [0.29, 0.717) is 40.6 Å². The maximum atomic E-state index is 13.5. The molecule has 0 saturated heterocycles. The summed E-state index contributed by atoms with van der Waals surface area (Å²) in [6.07, 6.45) is 0.556. The SMILES string of the molecule is COC(=O)c1scc(C)c1NN=C1CCOc2ccc(F)cc21. The van der Waals surface area contributed by atoms with Gasteiger partial charge >= 0.3 is 5.97 Å². The van der Waals surface area contributed by atoms with E-state index in [1.165, 1.54) is 30.6 Å². The zero-order chi connectivity index (χ0) is 16.4. The summed E-state index contributed by atoms with van der Waals surface area (Å²) in [4.78, 5) is 12.2. The molecule has 1 aliphatic rings. The Morgan fingerprint density at radius 2 is 2.30 bits per heavy atom. The normalized spacial score (nSPS) is 15.0. The van der Waals surface area contributed by atoms with Crippen molar-refractivity contribution in [1.82, 2.24) is 0 Å². The molecule has 0 saturated carbocycles.